The molecule has 1 atom stereocenters. The van der Waals surface area contributed by atoms with Gasteiger partial charge in [-0.05, 0) is 12.1 Å². The fourth-order valence-electron chi connectivity index (χ4n) is 1.15. The fraction of sp³-hybridized carbons (Fsp3) is 0.167. The van der Waals surface area contributed by atoms with Gasteiger partial charge >= 0.3 is 12.4 Å². The van der Waals surface area contributed by atoms with Crippen molar-refractivity contribution < 1.29 is 24.3 Å². The Bertz CT molecular complexity index is 521. The molecule has 1 unspecified atom stereocenters. The standard InChI is InChI=1S/C12H12N2O6/c1-2-7-13-8-11(15)20-12(16)19-10-5-3-9(4-6-10)14(17)18/h3-7,12-13,16H,1,8H2. The first-order valence-electron chi connectivity index (χ1n) is 5.39. The van der Waals surface area contributed by atoms with E-state index in [0.717, 1.165) is 0 Å². The minimum Gasteiger partial charge on any atom is -0.432 e. The van der Waals surface area contributed by atoms with E-state index in [9.17, 15) is 20.0 Å². The van der Waals surface area contributed by atoms with Crippen LogP contribution < -0.4 is 10.1 Å². The van der Waals surface area contributed by atoms with Crippen LogP contribution in [0.5, 0.6) is 5.75 Å². The molecule has 8 nitrogen and oxygen atoms in total. The van der Waals surface area contributed by atoms with Crippen LogP contribution in [-0.2, 0) is 9.53 Å². The number of nitrogens with zero attached hydrogens (tertiary/aromatic N) is 1. The van der Waals surface area contributed by atoms with Crippen molar-refractivity contribution in [1.29, 1.82) is 0 Å². The van der Waals surface area contributed by atoms with Gasteiger partial charge in [0.1, 0.15) is 12.3 Å². The second kappa shape index (κ2) is 7.57. The van der Waals surface area contributed by atoms with Gasteiger partial charge in [-0.15, -0.1) is 5.73 Å². The van der Waals surface area contributed by atoms with Crippen LogP contribution in [0.4, 0.5) is 5.69 Å². The van der Waals surface area contributed by atoms with Crippen molar-refractivity contribution in [2.45, 2.75) is 6.48 Å². The molecular formula is C12H12N2O6. The lowest BCUT2D eigenvalue weighted by Gasteiger charge is -2.13. The number of esters is 1. The molecule has 1 aromatic carbocycles. The molecule has 0 aromatic heterocycles. The summed E-state index contributed by atoms with van der Waals surface area (Å²) in [4.78, 5) is 21.0. The number of non-ortho nitro benzene ring substituents is 1. The number of nitro benzene ring substituents is 1. The third-order valence-electron chi connectivity index (χ3n) is 1.97. The van der Waals surface area contributed by atoms with E-state index in [1.165, 1.54) is 30.5 Å². The van der Waals surface area contributed by atoms with Gasteiger partial charge in [-0.25, -0.2) is 4.79 Å². The summed E-state index contributed by atoms with van der Waals surface area (Å²) in [6, 6.07) is 4.93. The molecule has 0 saturated carbocycles. The molecule has 0 saturated heterocycles. The number of nitrogens with one attached hydrogen (secondary N) is 1. The summed E-state index contributed by atoms with van der Waals surface area (Å²) in [6.07, 6.45) is 1.31. The van der Waals surface area contributed by atoms with Crippen LogP contribution >= 0.6 is 0 Å². The molecule has 0 spiro atoms. The van der Waals surface area contributed by atoms with Crippen molar-refractivity contribution in [2.75, 3.05) is 6.54 Å². The van der Waals surface area contributed by atoms with Crippen LogP contribution in [0.25, 0.3) is 0 Å². The maximum absolute atomic E-state index is 11.2. The highest BCUT2D eigenvalue weighted by Crippen LogP contribution is 2.18. The molecule has 2 N–H and O–H groups in total. The number of aliphatic hydroxyl groups excluding tert-OH is 1. The first-order chi connectivity index (χ1) is 9.52. The number of hydrogen-bond donors (Lipinski definition) is 2. The number of ether oxygens (including phenoxy) is 2. The highest BCUT2D eigenvalue weighted by atomic mass is 16.8. The molecule has 0 heterocycles. The Morgan fingerprint density at radius 2 is 2.20 bits per heavy atom. The second-order valence-corrected chi connectivity index (χ2v) is 3.40. The van der Waals surface area contributed by atoms with Gasteiger partial charge in [-0.2, -0.15) is 0 Å². The van der Waals surface area contributed by atoms with E-state index in [1.54, 1.807) is 0 Å². The Hall–Kier alpha value is -2.83. The molecule has 106 valence electrons. The quantitative estimate of drug-likeness (QED) is 0.248. The minimum absolute atomic E-state index is 0.120. The monoisotopic (exact) mass is 280 g/mol. The van der Waals surface area contributed by atoms with Crippen LogP contribution in [0.15, 0.2) is 42.8 Å². The zero-order valence-electron chi connectivity index (χ0n) is 10.3. The van der Waals surface area contributed by atoms with E-state index in [1.807, 2.05) is 0 Å². The first kappa shape index (κ1) is 15.2. The summed E-state index contributed by atoms with van der Waals surface area (Å²) in [7, 11) is 0. The van der Waals surface area contributed by atoms with Crippen LogP contribution in [0, 0.1) is 10.1 Å². The highest BCUT2D eigenvalue weighted by molar-refractivity contribution is 5.71. The topological polar surface area (TPSA) is 111 Å². The van der Waals surface area contributed by atoms with Gasteiger partial charge in [0.25, 0.3) is 5.69 Å². The van der Waals surface area contributed by atoms with Crippen molar-refractivity contribution in [3.05, 3.63) is 52.9 Å². The summed E-state index contributed by atoms with van der Waals surface area (Å²) in [5.74, 6) is -0.638. The lowest BCUT2D eigenvalue weighted by molar-refractivity contribution is -0.384. The second-order valence-electron chi connectivity index (χ2n) is 3.40. The summed E-state index contributed by atoms with van der Waals surface area (Å²) < 4.78 is 9.36. The molecule has 1 rings (SSSR count). The predicted octanol–water partition coefficient (Wildman–Crippen LogP) is 0.681. The Morgan fingerprint density at radius 3 is 2.75 bits per heavy atom. The van der Waals surface area contributed by atoms with Gasteiger partial charge in [0.2, 0.25) is 0 Å². The minimum atomic E-state index is -1.81. The van der Waals surface area contributed by atoms with E-state index in [2.05, 4.69) is 22.4 Å². The largest absolute Gasteiger partial charge is 0.432 e. The van der Waals surface area contributed by atoms with Crippen LogP contribution in [0.3, 0.4) is 0 Å². The van der Waals surface area contributed by atoms with Crippen molar-refractivity contribution in [2.24, 2.45) is 0 Å². The van der Waals surface area contributed by atoms with Gasteiger partial charge < -0.3 is 19.9 Å². The van der Waals surface area contributed by atoms with Crippen molar-refractivity contribution in [3.8, 4) is 5.75 Å². The third kappa shape index (κ3) is 5.21. The van der Waals surface area contributed by atoms with Gasteiger partial charge in [-0.1, -0.05) is 6.58 Å². The average Bonchev–Trinajstić information content (AvgIpc) is 2.39. The zero-order valence-corrected chi connectivity index (χ0v) is 10.3. The van der Waals surface area contributed by atoms with E-state index in [-0.39, 0.29) is 18.0 Å². The average molecular weight is 280 g/mol. The van der Waals surface area contributed by atoms with Gasteiger partial charge in [-0.3, -0.25) is 10.1 Å². The maximum atomic E-state index is 11.2. The lowest BCUT2D eigenvalue weighted by atomic mass is 10.3. The highest BCUT2D eigenvalue weighted by Gasteiger charge is 2.13. The van der Waals surface area contributed by atoms with Crippen LogP contribution in [0.2, 0.25) is 0 Å². The molecule has 0 aliphatic carbocycles. The number of aliphatic hydroxyl groups is 1. The Labute approximate surface area is 114 Å². The molecule has 0 fully saturated rings. The van der Waals surface area contributed by atoms with Crippen LogP contribution in [-0.4, -0.2) is 29.0 Å². The molecule has 8 heteroatoms. The van der Waals surface area contributed by atoms with Crippen molar-refractivity contribution in [3.63, 3.8) is 0 Å². The number of carbonyl (C=O) groups excluding carboxylic acids is 1. The summed E-state index contributed by atoms with van der Waals surface area (Å²) in [6.45, 7) is 1.28. The summed E-state index contributed by atoms with van der Waals surface area (Å²) >= 11 is 0. The Kier molecular flexibility index (Phi) is 5.76. The van der Waals surface area contributed by atoms with Gasteiger partial charge in [0.15, 0.2) is 0 Å². The smallest absolute Gasteiger partial charge is 0.360 e. The van der Waals surface area contributed by atoms with Crippen molar-refractivity contribution in [1.82, 2.24) is 5.32 Å². The molecule has 0 aliphatic rings. The molecule has 0 bridgehead atoms. The molecular weight excluding hydrogens is 268 g/mol. The van der Waals surface area contributed by atoms with E-state index >= 15 is 0 Å². The van der Waals surface area contributed by atoms with Crippen LogP contribution in [0.1, 0.15) is 0 Å². The van der Waals surface area contributed by atoms with Gasteiger partial charge in [0.05, 0.1) is 4.92 Å². The molecule has 0 aliphatic heterocycles. The third-order valence-corrected chi connectivity index (χ3v) is 1.97. The van der Waals surface area contributed by atoms with Crippen molar-refractivity contribution >= 4 is 11.7 Å². The van der Waals surface area contributed by atoms with E-state index < -0.39 is 17.4 Å². The Morgan fingerprint density at radius 1 is 1.55 bits per heavy atom. The number of hydrogen-bond acceptors (Lipinski definition) is 7. The molecule has 20 heavy (non-hydrogen) atoms. The van der Waals surface area contributed by atoms with Gasteiger partial charge in [0, 0.05) is 18.3 Å². The number of carbonyl (C=O) groups is 1. The fourth-order valence-corrected chi connectivity index (χ4v) is 1.15. The Balaban J connectivity index is 2.45. The maximum Gasteiger partial charge on any atom is 0.360 e. The lowest BCUT2D eigenvalue weighted by Crippen LogP contribution is -2.28. The number of nitro groups is 1. The molecule has 0 amide bonds. The number of benzene rings is 1. The SMILES string of the molecule is C=C=CNCC(=O)OC(O)Oc1ccc([N+](=O)[O-])cc1. The predicted molar refractivity (Wildman–Crippen MR) is 67.5 cm³/mol. The number of rotatable bonds is 7. The zero-order chi connectivity index (χ0) is 15.0. The van der Waals surface area contributed by atoms with E-state index in [4.69, 9.17) is 4.74 Å². The molecule has 1 aromatic rings. The van der Waals surface area contributed by atoms with E-state index in [0.29, 0.717) is 0 Å². The summed E-state index contributed by atoms with van der Waals surface area (Å²) in [5.41, 5.74) is 2.27. The molecule has 0 radical (unpaired) electrons. The normalized spacial score (nSPS) is 10.8. The summed E-state index contributed by atoms with van der Waals surface area (Å²) in [5, 5.41) is 22.3. The first-order valence-corrected chi connectivity index (χ1v) is 5.39.